The third kappa shape index (κ3) is 1.88. The predicted molar refractivity (Wildman–Crippen MR) is 69.6 cm³/mol. The van der Waals surface area contributed by atoms with Crippen LogP contribution in [0.5, 0.6) is 0 Å². The number of carbonyl (C=O) groups excluding carboxylic acids is 1. The molecule has 0 radical (unpaired) electrons. The van der Waals surface area contributed by atoms with Crippen molar-refractivity contribution in [3.05, 3.63) is 34.3 Å². The van der Waals surface area contributed by atoms with Gasteiger partial charge < -0.3 is 4.79 Å². The quantitative estimate of drug-likeness (QED) is 0.791. The lowest BCUT2D eigenvalue weighted by atomic mass is 10.0. The molecule has 2 rings (SSSR count). The van der Waals surface area contributed by atoms with Crippen LogP contribution in [0.3, 0.4) is 0 Å². The van der Waals surface area contributed by atoms with Crippen LogP contribution in [0, 0.1) is 16.7 Å². The van der Waals surface area contributed by atoms with Crippen LogP contribution in [-0.4, -0.2) is 26.2 Å². The van der Waals surface area contributed by atoms with Crippen molar-refractivity contribution >= 4 is 32.1 Å². The number of hydrogen-bond donors (Lipinski definition) is 0. The first-order valence-corrected chi connectivity index (χ1v) is 7.93. The normalized spacial score (nSPS) is 30.5. The molecule has 18 heavy (non-hydrogen) atoms. The van der Waals surface area contributed by atoms with E-state index in [0.717, 1.165) is 10.7 Å². The summed E-state index contributed by atoms with van der Waals surface area (Å²) >= 11 is 3.28. The Bertz CT molecular complexity index is 632. The number of benzene rings is 1. The predicted octanol–water partition coefficient (Wildman–Crippen LogP) is 1.67. The zero-order valence-corrected chi connectivity index (χ0v) is 11.9. The maximum atomic E-state index is 11.7. The molecular formula is C12H10BrNO3S. The number of carbonyl (C=O) groups is 1. The second-order valence-electron chi connectivity index (χ2n) is 4.44. The molecule has 1 aliphatic rings. The van der Waals surface area contributed by atoms with Crippen molar-refractivity contribution in [1.29, 1.82) is 5.26 Å². The molecular weight excluding hydrogens is 318 g/mol. The topological polar surface area (TPSA) is 75.0 Å². The highest BCUT2D eigenvalue weighted by Gasteiger charge is 2.71. The van der Waals surface area contributed by atoms with E-state index in [1.54, 1.807) is 24.3 Å². The highest BCUT2D eigenvalue weighted by molar-refractivity contribution is 9.10. The molecule has 1 aromatic rings. The van der Waals surface area contributed by atoms with Crippen LogP contribution in [0.2, 0.25) is 0 Å². The molecule has 3 atom stereocenters. The van der Waals surface area contributed by atoms with Crippen molar-refractivity contribution in [2.75, 3.05) is 6.26 Å². The van der Waals surface area contributed by atoms with Crippen molar-refractivity contribution in [1.82, 2.24) is 0 Å². The number of aldehydes is 1. The maximum absolute atomic E-state index is 11.7. The largest absolute Gasteiger partial charge is 0.302 e. The fraction of sp³-hybridized carbons (Fsp3) is 0.333. The lowest BCUT2D eigenvalue weighted by molar-refractivity contribution is -0.110. The minimum atomic E-state index is -3.43. The summed E-state index contributed by atoms with van der Waals surface area (Å²) in [6, 6.07) is 8.85. The molecule has 0 amide bonds. The van der Waals surface area contributed by atoms with Gasteiger partial charge in [-0.25, -0.2) is 8.42 Å². The van der Waals surface area contributed by atoms with E-state index < -0.39 is 26.4 Å². The fourth-order valence-corrected chi connectivity index (χ4v) is 4.42. The number of rotatable bonds is 3. The standard InChI is InChI=1S/C12H10BrNO3S/c1-18(16,17)11-10(12(11,6-14)7-15)8-2-4-9(13)5-3-8/h2-5,7,10-11H,1H3/t10-,11-,12-/m1/s1. The summed E-state index contributed by atoms with van der Waals surface area (Å²) in [5.41, 5.74) is -0.733. The third-order valence-electron chi connectivity index (χ3n) is 3.26. The van der Waals surface area contributed by atoms with E-state index in [1.807, 2.05) is 6.07 Å². The Hall–Kier alpha value is -1.19. The van der Waals surface area contributed by atoms with Crippen molar-refractivity contribution in [3.63, 3.8) is 0 Å². The molecule has 0 heterocycles. The van der Waals surface area contributed by atoms with Crippen LogP contribution in [0.15, 0.2) is 28.7 Å². The van der Waals surface area contributed by atoms with Gasteiger partial charge in [0.1, 0.15) is 11.7 Å². The van der Waals surface area contributed by atoms with E-state index in [4.69, 9.17) is 5.26 Å². The Balaban J connectivity index is 2.49. The van der Waals surface area contributed by atoms with Gasteiger partial charge >= 0.3 is 0 Å². The van der Waals surface area contributed by atoms with Crippen LogP contribution in [-0.2, 0) is 14.6 Å². The number of nitrogens with zero attached hydrogens (tertiary/aromatic N) is 1. The molecule has 0 aromatic heterocycles. The average Bonchev–Trinajstić information content (AvgIpc) is 3.00. The van der Waals surface area contributed by atoms with Gasteiger partial charge in [-0.05, 0) is 17.7 Å². The lowest BCUT2D eigenvalue weighted by Crippen LogP contribution is -2.14. The minimum absolute atomic E-state index is 0.464. The molecule has 1 saturated carbocycles. The molecule has 0 spiro atoms. The Morgan fingerprint density at radius 3 is 2.28 bits per heavy atom. The molecule has 6 heteroatoms. The summed E-state index contributed by atoms with van der Waals surface area (Å²) in [5, 5.41) is 8.19. The van der Waals surface area contributed by atoms with Crippen LogP contribution >= 0.6 is 15.9 Å². The monoisotopic (exact) mass is 327 g/mol. The Morgan fingerprint density at radius 1 is 1.39 bits per heavy atom. The number of halogens is 1. The van der Waals surface area contributed by atoms with E-state index >= 15 is 0 Å². The number of hydrogen-bond acceptors (Lipinski definition) is 4. The summed E-state index contributed by atoms with van der Waals surface area (Å²) in [6.07, 6.45) is 1.53. The first-order chi connectivity index (χ1) is 8.36. The lowest BCUT2D eigenvalue weighted by Gasteiger charge is -1.99. The Kier molecular flexibility index (Phi) is 3.07. The second-order valence-corrected chi connectivity index (χ2v) is 7.52. The highest BCUT2D eigenvalue weighted by Crippen LogP contribution is 2.61. The van der Waals surface area contributed by atoms with Gasteiger partial charge in [0.25, 0.3) is 0 Å². The van der Waals surface area contributed by atoms with Crippen LogP contribution in [0.4, 0.5) is 0 Å². The summed E-state index contributed by atoms with van der Waals surface area (Å²) < 4.78 is 24.2. The summed E-state index contributed by atoms with van der Waals surface area (Å²) in [5.74, 6) is -0.567. The molecule has 1 aliphatic carbocycles. The van der Waals surface area contributed by atoms with Crippen molar-refractivity contribution in [2.24, 2.45) is 5.41 Å². The number of nitriles is 1. The van der Waals surface area contributed by atoms with Crippen LogP contribution < -0.4 is 0 Å². The fourth-order valence-electron chi connectivity index (χ4n) is 2.40. The molecule has 0 bridgehead atoms. The van der Waals surface area contributed by atoms with Gasteiger partial charge in [0.2, 0.25) is 0 Å². The van der Waals surface area contributed by atoms with Crippen LogP contribution in [0.1, 0.15) is 11.5 Å². The maximum Gasteiger partial charge on any atom is 0.153 e. The van der Waals surface area contributed by atoms with Crippen molar-refractivity contribution < 1.29 is 13.2 Å². The molecule has 0 saturated heterocycles. The van der Waals surface area contributed by atoms with E-state index in [1.165, 1.54) is 0 Å². The van der Waals surface area contributed by atoms with E-state index in [-0.39, 0.29) is 0 Å². The minimum Gasteiger partial charge on any atom is -0.302 e. The molecule has 0 N–H and O–H groups in total. The summed E-state index contributed by atoms with van der Waals surface area (Å²) in [4.78, 5) is 11.1. The average molecular weight is 328 g/mol. The van der Waals surface area contributed by atoms with Gasteiger partial charge in [-0.3, -0.25) is 0 Å². The summed E-state index contributed by atoms with van der Waals surface area (Å²) in [7, 11) is -3.43. The molecule has 1 fully saturated rings. The van der Waals surface area contributed by atoms with Gasteiger partial charge in [-0.2, -0.15) is 5.26 Å². The van der Waals surface area contributed by atoms with Gasteiger partial charge in [0.15, 0.2) is 9.84 Å². The first kappa shape index (κ1) is 13.2. The zero-order valence-electron chi connectivity index (χ0n) is 9.50. The smallest absolute Gasteiger partial charge is 0.153 e. The Labute approximate surface area is 114 Å². The van der Waals surface area contributed by atoms with Crippen molar-refractivity contribution in [3.8, 4) is 6.07 Å². The number of sulfone groups is 1. The molecule has 1 aromatic carbocycles. The Morgan fingerprint density at radius 2 is 1.94 bits per heavy atom. The van der Waals surface area contributed by atoms with Gasteiger partial charge in [-0.15, -0.1) is 0 Å². The zero-order chi connectivity index (χ0) is 13.6. The van der Waals surface area contributed by atoms with Gasteiger partial charge in [0, 0.05) is 16.6 Å². The van der Waals surface area contributed by atoms with Crippen molar-refractivity contribution in [2.45, 2.75) is 11.2 Å². The first-order valence-electron chi connectivity index (χ1n) is 5.18. The van der Waals surface area contributed by atoms with E-state index in [9.17, 15) is 13.2 Å². The highest BCUT2D eigenvalue weighted by atomic mass is 79.9. The van der Waals surface area contributed by atoms with Gasteiger partial charge in [0.05, 0.1) is 11.3 Å². The molecule has 0 aliphatic heterocycles. The third-order valence-corrected chi connectivity index (χ3v) is 5.37. The van der Waals surface area contributed by atoms with E-state index in [2.05, 4.69) is 15.9 Å². The SMILES string of the molecule is CS(=O)(=O)[C@@H]1[C@@H](c2ccc(Br)cc2)[C@@]1(C#N)C=O. The van der Waals surface area contributed by atoms with Gasteiger partial charge in [-0.1, -0.05) is 28.1 Å². The van der Waals surface area contributed by atoms with Crippen LogP contribution in [0.25, 0.3) is 0 Å². The summed E-state index contributed by atoms with van der Waals surface area (Å²) in [6.45, 7) is 0. The molecule has 4 nitrogen and oxygen atoms in total. The molecule has 94 valence electrons. The second kappa shape index (κ2) is 4.18. The van der Waals surface area contributed by atoms with E-state index in [0.29, 0.717) is 11.8 Å². The molecule has 0 unspecified atom stereocenters.